The molecule has 0 spiro atoms. The fraction of sp³-hybridized carbons (Fsp3) is 0.714. The highest BCUT2D eigenvalue weighted by Gasteiger charge is 2.41. The number of benzene rings is 1. The number of aliphatic hydroxyl groups excluding tert-OH is 1. The lowest BCUT2D eigenvalue weighted by Gasteiger charge is -2.47. The van der Waals surface area contributed by atoms with Crippen LogP contribution >= 0.6 is 0 Å². The second-order valence-corrected chi connectivity index (χ2v) is 8.83. The lowest BCUT2D eigenvalue weighted by Crippen LogP contribution is -2.60. The zero-order valence-corrected chi connectivity index (χ0v) is 16.1. The molecule has 5 heteroatoms. The number of piperidine rings is 1. The van der Waals surface area contributed by atoms with Crippen LogP contribution in [0.1, 0.15) is 31.7 Å². The van der Waals surface area contributed by atoms with Gasteiger partial charge in [-0.1, -0.05) is 12.1 Å². The maximum atomic E-state index is 11.2. The highest BCUT2D eigenvalue weighted by Crippen LogP contribution is 2.31. The third kappa shape index (κ3) is 3.77. The van der Waals surface area contributed by atoms with Gasteiger partial charge in [0.05, 0.1) is 11.7 Å². The molecule has 144 valence electrons. The van der Waals surface area contributed by atoms with Gasteiger partial charge in [-0.2, -0.15) is 0 Å². The van der Waals surface area contributed by atoms with Crippen LogP contribution in [0, 0.1) is 6.92 Å². The molecule has 3 fully saturated rings. The molecule has 1 aromatic carbocycles. The summed E-state index contributed by atoms with van der Waals surface area (Å²) in [7, 11) is 0. The first-order valence-corrected chi connectivity index (χ1v) is 10.1. The van der Waals surface area contributed by atoms with Gasteiger partial charge in [-0.3, -0.25) is 9.80 Å². The second-order valence-electron chi connectivity index (χ2n) is 8.83. The Bertz CT molecular complexity index is 629. The smallest absolute Gasteiger partial charge is 0.0807 e. The molecule has 3 atom stereocenters. The largest absolute Gasteiger partial charge is 0.392 e. The number of fused-ring (bicyclic) bond motifs is 1. The van der Waals surface area contributed by atoms with E-state index in [2.05, 4.69) is 52.8 Å². The molecule has 3 aliphatic rings. The molecule has 3 heterocycles. The van der Waals surface area contributed by atoms with Crippen molar-refractivity contribution in [1.82, 2.24) is 9.80 Å². The third-order valence-electron chi connectivity index (χ3n) is 6.63. The van der Waals surface area contributed by atoms with Crippen LogP contribution in [0.25, 0.3) is 0 Å². The summed E-state index contributed by atoms with van der Waals surface area (Å²) in [6, 6.07) is 9.54. The molecule has 1 aromatic rings. The van der Waals surface area contributed by atoms with Crippen molar-refractivity contribution in [2.75, 3.05) is 44.2 Å². The van der Waals surface area contributed by atoms with Gasteiger partial charge >= 0.3 is 0 Å². The maximum absolute atomic E-state index is 11.2. The quantitative estimate of drug-likeness (QED) is 0.856. The summed E-state index contributed by atoms with van der Waals surface area (Å²) in [6.07, 6.45) is 2.35. The highest BCUT2D eigenvalue weighted by molar-refractivity contribution is 5.48. The minimum absolute atomic E-state index is 0.173. The van der Waals surface area contributed by atoms with Crippen molar-refractivity contribution in [2.24, 2.45) is 0 Å². The van der Waals surface area contributed by atoms with Gasteiger partial charge in [-0.15, -0.1) is 0 Å². The fourth-order valence-corrected chi connectivity index (χ4v) is 5.04. The van der Waals surface area contributed by atoms with E-state index in [0.29, 0.717) is 12.1 Å². The summed E-state index contributed by atoms with van der Waals surface area (Å²) < 4.78 is 0. The first-order valence-electron chi connectivity index (χ1n) is 10.1. The number of hydrogen-bond donors (Lipinski definition) is 2. The molecule has 4 rings (SSSR count). The van der Waals surface area contributed by atoms with Crippen LogP contribution in [0.4, 0.5) is 5.69 Å². The molecule has 0 bridgehead atoms. The van der Waals surface area contributed by atoms with Crippen LogP contribution in [0.5, 0.6) is 0 Å². The predicted molar refractivity (Wildman–Crippen MR) is 105 cm³/mol. The Morgan fingerprint density at radius 2 is 1.92 bits per heavy atom. The second kappa shape index (κ2) is 7.12. The molecule has 2 N–H and O–H groups in total. The molecule has 0 radical (unpaired) electrons. The van der Waals surface area contributed by atoms with Crippen molar-refractivity contribution < 1.29 is 10.2 Å². The molecule has 3 saturated heterocycles. The summed E-state index contributed by atoms with van der Waals surface area (Å²) in [6.45, 7) is 9.77. The van der Waals surface area contributed by atoms with Gasteiger partial charge < -0.3 is 15.1 Å². The molecule has 5 nitrogen and oxygen atoms in total. The highest BCUT2D eigenvalue weighted by atomic mass is 16.3. The molecular formula is C21H33N3O2. The Labute approximate surface area is 157 Å². The number of rotatable bonds is 3. The summed E-state index contributed by atoms with van der Waals surface area (Å²) >= 11 is 0. The first-order chi connectivity index (χ1) is 12.4. The summed E-state index contributed by atoms with van der Waals surface area (Å²) in [5, 5.41) is 21.2. The Kier molecular flexibility index (Phi) is 4.99. The minimum atomic E-state index is -0.589. The molecular weight excluding hydrogens is 326 g/mol. The van der Waals surface area contributed by atoms with Crippen molar-refractivity contribution in [3.8, 4) is 0 Å². The Balaban J connectivity index is 1.35. The predicted octanol–water partition coefficient (Wildman–Crippen LogP) is 1.47. The van der Waals surface area contributed by atoms with E-state index in [9.17, 15) is 10.2 Å². The molecule has 0 amide bonds. The van der Waals surface area contributed by atoms with Gasteiger partial charge in [0.25, 0.3) is 0 Å². The number of aliphatic hydroxyl groups is 2. The fourth-order valence-electron chi connectivity index (χ4n) is 5.04. The Morgan fingerprint density at radius 3 is 2.65 bits per heavy atom. The van der Waals surface area contributed by atoms with Crippen LogP contribution in [0.3, 0.4) is 0 Å². The van der Waals surface area contributed by atoms with Crippen LogP contribution < -0.4 is 4.90 Å². The average Bonchev–Trinajstić information content (AvgIpc) is 2.94. The number of aryl methyl sites for hydroxylation is 1. The third-order valence-corrected chi connectivity index (χ3v) is 6.63. The van der Waals surface area contributed by atoms with Gasteiger partial charge in [0.15, 0.2) is 0 Å². The monoisotopic (exact) mass is 359 g/mol. The number of hydrogen-bond acceptors (Lipinski definition) is 5. The van der Waals surface area contributed by atoms with Gasteiger partial charge in [0.1, 0.15) is 0 Å². The summed E-state index contributed by atoms with van der Waals surface area (Å²) in [5.74, 6) is 0. The minimum Gasteiger partial charge on any atom is -0.392 e. The normalized spacial score (nSPS) is 32.6. The van der Waals surface area contributed by atoms with Crippen molar-refractivity contribution in [3.63, 3.8) is 0 Å². The number of nitrogens with zero attached hydrogens (tertiary/aromatic N) is 3. The van der Waals surface area contributed by atoms with E-state index in [1.807, 2.05) is 0 Å². The van der Waals surface area contributed by atoms with Crippen LogP contribution in [-0.2, 0) is 0 Å². The van der Waals surface area contributed by atoms with E-state index in [1.165, 1.54) is 11.3 Å². The van der Waals surface area contributed by atoms with Crippen LogP contribution in [0.15, 0.2) is 24.3 Å². The van der Waals surface area contributed by atoms with Gasteiger partial charge in [0, 0.05) is 57.0 Å². The Hall–Kier alpha value is -1.14. The van der Waals surface area contributed by atoms with Gasteiger partial charge in [-0.25, -0.2) is 0 Å². The molecule has 0 saturated carbocycles. The summed E-state index contributed by atoms with van der Waals surface area (Å²) in [5.41, 5.74) is 1.97. The molecule has 3 aliphatic heterocycles. The lowest BCUT2D eigenvalue weighted by atomic mass is 9.89. The van der Waals surface area contributed by atoms with Crippen molar-refractivity contribution >= 4 is 5.69 Å². The first kappa shape index (κ1) is 18.2. The molecule has 26 heavy (non-hydrogen) atoms. The van der Waals surface area contributed by atoms with E-state index in [4.69, 9.17) is 0 Å². The molecule has 0 aliphatic carbocycles. The average molecular weight is 360 g/mol. The molecule has 0 unspecified atom stereocenters. The summed E-state index contributed by atoms with van der Waals surface area (Å²) in [4.78, 5) is 7.29. The van der Waals surface area contributed by atoms with E-state index in [-0.39, 0.29) is 6.10 Å². The van der Waals surface area contributed by atoms with E-state index in [0.717, 1.165) is 58.5 Å². The van der Waals surface area contributed by atoms with Gasteiger partial charge in [0.2, 0.25) is 0 Å². The zero-order valence-electron chi connectivity index (χ0n) is 16.1. The number of β-amino-alcohol motifs (C(OH)–C–C–N with tert-alkyl or cyclic N) is 1. The van der Waals surface area contributed by atoms with Crippen LogP contribution in [0.2, 0.25) is 0 Å². The van der Waals surface area contributed by atoms with Crippen molar-refractivity contribution in [2.45, 2.75) is 56.9 Å². The van der Waals surface area contributed by atoms with Crippen molar-refractivity contribution in [1.29, 1.82) is 0 Å². The number of piperazine rings is 1. The molecule has 0 aromatic heterocycles. The lowest BCUT2D eigenvalue weighted by molar-refractivity contribution is -0.0472. The topological polar surface area (TPSA) is 50.2 Å². The zero-order chi connectivity index (χ0) is 18.3. The van der Waals surface area contributed by atoms with Crippen molar-refractivity contribution in [3.05, 3.63) is 29.8 Å². The number of anilines is 1. The van der Waals surface area contributed by atoms with Crippen LogP contribution in [-0.4, -0.2) is 83.1 Å². The standard InChI is InChI=1S/C21H33N3O2/c1-16-4-3-5-18(10-16)22-8-6-21(26,7-9-22)15-24-13-19-11-20(25)14-23(19)12-17(24)2/h3-5,10,17,19-20,25-26H,6-9,11-15H2,1-2H3/t17-,19-,20+/m0/s1. The maximum Gasteiger partial charge on any atom is 0.0807 e. The van der Waals surface area contributed by atoms with E-state index in [1.54, 1.807) is 0 Å². The Morgan fingerprint density at radius 1 is 1.15 bits per heavy atom. The van der Waals surface area contributed by atoms with E-state index >= 15 is 0 Å². The van der Waals surface area contributed by atoms with Gasteiger partial charge in [-0.05, 0) is 50.8 Å². The SMILES string of the molecule is Cc1cccc(N2CCC(O)(CN3C[C@@H]4C[C@@H](O)CN4C[C@@H]3C)CC2)c1. The van der Waals surface area contributed by atoms with E-state index < -0.39 is 5.60 Å².